The van der Waals surface area contributed by atoms with Crippen molar-refractivity contribution in [2.24, 2.45) is 0 Å². The van der Waals surface area contributed by atoms with Crippen molar-refractivity contribution in [3.8, 4) is 0 Å². The van der Waals surface area contributed by atoms with Crippen LogP contribution in [0.5, 0.6) is 0 Å². The van der Waals surface area contributed by atoms with E-state index in [2.05, 4.69) is 6.92 Å². The maximum atomic E-state index is 12.8. The van der Waals surface area contributed by atoms with Gasteiger partial charge in [-0.15, -0.1) is 0 Å². The smallest absolute Gasteiger partial charge is 0.310 e. The second kappa shape index (κ2) is 6.48. The highest BCUT2D eigenvalue weighted by Gasteiger charge is 2.36. The molecule has 124 valence electrons. The van der Waals surface area contributed by atoms with Crippen LogP contribution in [-0.2, 0) is 4.79 Å². The van der Waals surface area contributed by atoms with Crippen molar-refractivity contribution >= 4 is 17.6 Å². The lowest BCUT2D eigenvalue weighted by Gasteiger charge is -2.25. The maximum Gasteiger partial charge on any atom is 0.310 e. The molecule has 2 atom stereocenters. The third-order valence-corrected chi connectivity index (χ3v) is 4.68. The van der Waals surface area contributed by atoms with Crippen molar-refractivity contribution in [1.29, 1.82) is 0 Å². The van der Waals surface area contributed by atoms with Gasteiger partial charge in [0.2, 0.25) is 0 Å². The SMILES string of the molecule is CCCC1c2ccccc2C(=O)N1c1ccc(C(C)C(=O)O)cc1. The van der Waals surface area contributed by atoms with E-state index in [1.807, 2.05) is 41.3 Å². The molecule has 1 aliphatic heterocycles. The number of carbonyl (C=O) groups is 2. The van der Waals surface area contributed by atoms with E-state index in [4.69, 9.17) is 5.11 Å². The van der Waals surface area contributed by atoms with Crippen molar-refractivity contribution in [2.75, 3.05) is 4.90 Å². The van der Waals surface area contributed by atoms with Crippen LogP contribution in [0.2, 0.25) is 0 Å². The fraction of sp³-hybridized carbons (Fsp3) is 0.300. The van der Waals surface area contributed by atoms with Crippen LogP contribution in [0.4, 0.5) is 5.69 Å². The quantitative estimate of drug-likeness (QED) is 0.888. The normalized spacial score (nSPS) is 17.7. The molecule has 2 unspecified atom stereocenters. The summed E-state index contributed by atoms with van der Waals surface area (Å²) < 4.78 is 0. The second-order valence-electron chi connectivity index (χ2n) is 6.22. The van der Waals surface area contributed by atoms with Crippen LogP contribution in [0.1, 0.15) is 60.1 Å². The van der Waals surface area contributed by atoms with Gasteiger partial charge in [-0.05, 0) is 42.7 Å². The fourth-order valence-electron chi connectivity index (χ4n) is 3.31. The molecule has 1 aliphatic rings. The highest BCUT2D eigenvalue weighted by atomic mass is 16.4. The van der Waals surface area contributed by atoms with Crippen LogP contribution in [0.25, 0.3) is 0 Å². The predicted octanol–water partition coefficient (Wildman–Crippen LogP) is 4.38. The van der Waals surface area contributed by atoms with E-state index in [1.54, 1.807) is 19.1 Å². The second-order valence-corrected chi connectivity index (χ2v) is 6.22. The van der Waals surface area contributed by atoms with E-state index < -0.39 is 11.9 Å². The average Bonchev–Trinajstić information content (AvgIpc) is 2.87. The Kier molecular flexibility index (Phi) is 4.38. The van der Waals surface area contributed by atoms with Gasteiger partial charge in [-0.1, -0.05) is 43.7 Å². The first kappa shape index (κ1) is 16.2. The Morgan fingerprint density at radius 1 is 1.17 bits per heavy atom. The zero-order chi connectivity index (χ0) is 17.3. The Bertz CT molecular complexity index is 767. The van der Waals surface area contributed by atoms with Gasteiger partial charge >= 0.3 is 5.97 Å². The summed E-state index contributed by atoms with van der Waals surface area (Å²) in [5.74, 6) is -1.39. The lowest BCUT2D eigenvalue weighted by molar-refractivity contribution is -0.138. The predicted molar refractivity (Wildman–Crippen MR) is 93.4 cm³/mol. The molecular formula is C20H21NO3. The molecule has 0 fully saturated rings. The first-order chi connectivity index (χ1) is 11.5. The van der Waals surface area contributed by atoms with Crippen molar-refractivity contribution < 1.29 is 14.7 Å². The molecule has 24 heavy (non-hydrogen) atoms. The summed E-state index contributed by atoms with van der Waals surface area (Å²) in [5, 5.41) is 9.12. The standard InChI is InChI=1S/C20H21NO3/c1-3-6-18-16-7-4-5-8-17(16)19(22)21(18)15-11-9-14(10-12-15)13(2)20(23)24/h4-5,7-13,18H,3,6H2,1-2H3,(H,23,24). The number of fused-ring (bicyclic) bond motifs is 1. The van der Waals surface area contributed by atoms with Gasteiger partial charge in [-0.2, -0.15) is 0 Å². The molecule has 0 saturated heterocycles. The fourth-order valence-corrected chi connectivity index (χ4v) is 3.31. The molecule has 4 heteroatoms. The van der Waals surface area contributed by atoms with Crippen molar-refractivity contribution in [2.45, 2.75) is 38.6 Å². The first-order valence-electron chi connectivity index (χ1n) is 8.29. The summed E-state index contributed by atoms with van der Waals surface area (Å²) in [6, 6.07) is 15.1. The number of hydrogen-bond acceptors (Lipinski definition) is 2. The maximum absolute atomic E-state index is 12.8. The Labute approximate surface area is 141 Å². The number of carbonyl (C=O) groups excluding carboxylic acids is 1. The lowest BCUT2D eigenvalue weighted by Crippen LogP contribution is -2.27. The highest BCUT2D eigenvalue weighted by Crippen LogP contribution is 2.40. The summed E-state index contributed by atoms with van der Waals surface area (Å²) in [7, 11) is 0. The largest absolute Gasteiger partial charge is 0.481 e. The van der Waals surface area contributed by atoms with E-state index in [9.17, 15) is 9.59 Å². The summed E-state index contributed by atoms with van der Waals surface area (Å²) in [6.45, 7) is 3.77. The minimum absolute atomic E-state index is 0.0167. The number of benzene rings is 2. The molecule has 1 amide bonds. The summed E-state index contributed by atoms with van der Waals surface area (Å²) >= 11 is 0. The molecule has 1 N–H and O–H groups in total. The molecule has 2 aromatic carbocycles. The molecule has 3 rings (SSSR count). The summed E-state index contributed by atoms with van der Waals surface area (Å²) in [4.78, 5) is 25.8. The van der Waals surface area contributed by atoms with Crippen LogP contribution in [0.15, 0.2) is 48.5 Å². The number of nitrogens with zero attached hydrogens (tertiary/aromatic N) is 1. The van der Waals surface area contributed by atoms with E-state index >= 15 is 0 Å². The molecular weight excluding hydrogens is 302 g/mol. The van der Waals surface area contributed by atoms with Gasteiger partial charge in [-0.3, -0.25) is 9.59 Å². The van der Waals surface area contributed by atoms with Crippen LogP contribution >= 0.6 is 0 Å². The van der Waals surface area contributed by atoms with Gasteiger partial charge in [0.05, 0.1) is 12.0 Å². The van der Waals surface area contributed by atoms with Crippen LogP contribution in [-0.4, -0.2) is 17.0 Å². The summed E-state index contributed by atoms with van der Waals surface area (Å²) in [6.07, 6.45) is 1.88. The molecule has 0 saturated carbocycles. The van der Waals surface area contributed by atoms with Gasteiger partial charge in [0.1, 0.15) is 0 Å². The molecule has 2 aromatic rings. The lowest BCUT2D eigenvalue weighted by atomic mass is 9.99. The molecule has 1 heterocycles. The Balaban J connectivity index is 1.96. The van der Waals surface area contributed by atoms with E-state index in [0.29, 0.717) is 0 Å². The Morgan fingerprint density at radius 2 is 1.83 bits per heavy atom. The number of carboxylic acid groups (broad SMARTS) is 1. The van der Waals surface area contributed by atoms with Crippen molar-refractivity contribution in [1.82, 2.24) is 0 Å². The zero-order valence-electron chi connectivity index (χ0n) is 13.9. The molecule has 0 aliphatic carbocycles. The third kappa shape index (κ3) is 2.68. The summed E-state index contributed by atoms with van der Waals surface area (Å²) in [5.41, 5.74) is 3.39. The van der Waals surface area contributed by atoms with Gasteiger partial charge in [0, 0.05) is 11.3 Å². The minimum atomic E-state index is -0.851. The van der Waals surface area contributed by atoms with Crippen molar-refractivity contribution in [3.05, 3.63) is 65.2 Å². The van der Waals surface area contributed by atoms with Gasteiger partial charge in [-0.25, -0.2) is 0 Å². The average molecular weight is 323 g/mol. The molecule has 0 spiro atoms. The van der Waals surface area contributed by atoms with Gasteiger partial charge in [0.15, 0.2) is 0 Å². The number of carboxylic acids is 1. The number of aliphatic carboxylic acids is 1. The zero-order valence-corrected chi connectivity index (χ0v) is 13.9. The van der Waals surface area contributed by atoms with Gasteiger partial charge in [0.25, 0.3) is 5.91 Å². The number of anilines is 1. The van der Waals surface area contributed by atoms with E-state index in [1.165, 1.54) is 0 Å². The molecule has 0 radical (unpaired) electrons. The Hall–Kier alpha value is -2.62. The van der Waals surface area contributed by atoms with Gasteiger partial charge < -0.3 is 10.0 Å². The molecule has 4 nitrogen and oxygen atoms in total. The third-order valence-electron chi connectivity index (χ3n) is 4.68. The van der Waals surface area contributed by atoms with Crippen LogP contribution in [0.3, 0.4) is 0 Å². The van der Waals surface area contributed by atoms with Crippen LogP contribution < -0.4 is 4.90 Å². The van der Waals surface area contributed by atoms with E-state index in [-0.39, 0.29) is 11.9 Å². The topological polar surface area (TPSA) is 57.6 Å². The van der Waals surface area contributed by atoms with E-state index in [0.717, 1.165) is 35.2 Å². The monoisotopic (exact) mass is 323 g/mol. The van der Waals surface area contributed by atoms with Crippen LogP contribution in [0, 0.1) is 0 Å². The first-order valence-corrected chi connectivity index (χ1v) is 8.29. The van der Waals surface area contributed by atoms with Crippen molar-refractivity contribution in [3.63, 3.8) is 0 Å². The highest BCUT2D eigenvalue weighted by molar-refractivity contribution is 6.11. The number of rotatable bonds is 5. The number of amides is 1. The Morgan fingerprint density at radius 3 is 2.46 bits per heavy atom. The number of hydrogen-bond donors (Lipinski definition) is 1. The molecule has 0 aromatic heterocycles. The minimum Gasteiger partial charge on any atom is -0.481 e. The molecule has 0 bridgehead atoms.